The van der Waals surface area contributed by atoms with Crippen molar-refractivity contribution in [2.75, 3.05) is 39.6 Å². The Morgan fingerprint density at radius 3 is 0.664 bits per heavy atom. The largest absolute Gasteiger partial charge is 0.472 e. The minimum Gasteiger partial charge on any atom is -0.462 e. The van der Waals surface area contributed by atoms with E-state index < -0.39 is 97.5 Å². The lowest BCUT2D eigenvalue weighted by Crippen LogP contribution is -2.30. The first-order chi connectivity index (χ1) is 51.9. The zero-order valence-electron chi connectivity index (χ0n) is 70.5. The summed E-state index contributed by atoms with van der Waals surface area (Å²) in [6.45, 7) is 9.67. The fourth-order valence-electron chi connectivity index (χ4n) is 13.7. The van der Waals surface area contributed by atoms with E-state index in [2.05, 4.69) is 41.5 Å². The normalized spacial score (nSPS) is 14.3. The number of hydrogen-bond donors (Lipinski definition) is 3. The molecule has 107 heavy (non-hydrogen) atoms. The van der Waals surface area contributed by atoms with Gasteiger partial charge >= 0.3 is 39.5 Å². The van der Waals surface area contributed by atoms with Crippen LogP contribution in [-0.4, -0.2) is 96.7 Å². The van der Waals surface area contributed by atoms with Crippen molar-refractivity contribution in [3.8, 4) is 0 Å². The summed E-state index contributed by atoms with van der Waals surface area (Å²) < 4.78 is 68.9. The van der Waals surface area contributed by atoms with E-state index in [1.807, 2.05) is 0 Å². The predicted octanol–water partition coefficient (Wildman–Crippen LogP) is 27.0. The summed E-state index contributed by atoms with van der Waals surface area (Å²) in [4.78, 5) is 73.3. The lowest BCUT2D eigenvalue weighted by atomic mass is 9.99. The number of phosphoric acid groups is 2. The molecule has 636 valence electrons. The van der Waals surface area contributed by atoms with Crippen molar-refractivity contribution < 1.29 is 80.2 Å². The van der Waals surface area contributed by atoms with E-state index in [1.165, 1.54) is 289 Å². The fraction of sp³-hybridized carbons (Fsp3) is 0.955. The van der Waals surface area contributed by atoms with E-state index >= 15 is 0 Å². The summed E-state index contributed by atoms with van der Waals surface area (Å²) in [7, 11) is -9.93. The van der Waals surface area contributed by atoms with Crippen LogP contribution in [0.5, 0.6) is 0 Å². The first-order valence-electron chi connectivity index (χ1n) is 45.6. The van der Waals surface area contributed by atoms with Gasteiger partial charge in [0.25, 0.3) is 0 Å². The van der Waals surface area contributed by atoms with E-state index in [0.29, 0.717) is 25.7 Å². The molecule has 0 aliphatic rings. The molecular weight excluding hydrogens is 1390 g/mol. The third-order valence-corrected chi connectivity index (χ3v) is 23.3. The van der Waals surface area contributed by atoms with Crippen LogP contribution in [0.3, 0.4) is 0 Å². The van der Waals surface area contributed by atoms with Crippen molar-refractivity contribution >= 4 is 39.5 Å². The number of aliphatic hydroxyl groups is 1. The SMILES string of the molecule is CCCCCCCCCCCCCCCCCCCCCCCCC(=O)O[C@H](COC(=O)CCCCCCCCCCCCCCCCCCCCCCC)COP(=O)(O)OC[C@@H](O)COP(=O)(O)OC[C@@H](COC(=O)CCCCCCCCCCC(C)CC)OC(=O)CCCCCCCCCCC(C)CC. The summed E-state index contributed by atoms with van der Waals surface area (Å²) in [6, 6.07) is 0. The highest BCUT2D eigenvalue weighted by Gasteiger charge is 2.31. The lowest BCUT2D eigenvalue weighted by Gasteiger charge is -2.21. The Labute approximate surface area is 658 Å². The van der Waals surface area contributed by atoms with Gasteiger partial charge < -0.3 is 33.8 Å². The number of esters is 4. The number of ether oxygens (including phenoxy) is 4. The van der Waals surface area contributed by atoms with Gasteiger partial charge in [0.2, 0.25) is 0 Å². The van der Waals surface area contributed by atoms with Gasteiger partial charge in [-0.2, -0.15) is 0 Å². The highest BCUT2D eigenvalue weighted by atomic mass is 31.2. The molecule has 19 heteroatoms. The number of aliphatic hydroxyl groups excluding tert-OH is 1. The molecule has 0 amide bonds. The second kappa shape index (κ2) is 79.3. The highest BCUT2D eigenvalue weighted by molar-refractivity contribution is 7.47. The van der Waals surface area contributed by atoms with E-state index in [1.54, 1.807) is 0 Å². The predicted molar refractivity (Wildman–Crippen MR) is 442 cm³/mol. The van der Waals surface area contributed by atoms with Gasteiger partial charge in [0.1, 0.15) is 19.3 Å². The summed E-state index contributed by atoms with van der Waals surface area (Å²) in [6.07, 6.45) is 72.4. The summed E-state index contributed by atoms with van der Waals surface area (Å²) in [5, 5.41) is 10.7. The van der Waals surface area contributed by atoms with Gasteiger partial charge in [-0.25, -0.2) is 9.13 Å². The van der Waals surface area contributed by atoms with Gasteiger partial charge in [-0.15, -0.1) is 0 Å². The molecule has 0 aliphatic heterocycles. The van der Waals surface area contributed by atoms with Crippen LogP contribution in [0.25, 0.3) is 0 Å². The van der Waals surface area contributed by atoms with Gasteiger partial charge in [-0.1, -0.05) is 420 Å². The number of rotatable bonds is 87. The Morgan fingerprint density at radius 2 is 0.449 bits per heavy atom. The molecule has 0 bridgehead atoms. The van der Waals surface area contributed by atoms with Crippen LogP contribution >= 0.6 is 15.6 Å². The molecule has 0 saturated carbocycles. The Morgan fingerprint density at radius 1 is 0.262 bits per heavy atom. The Balaban J connectivity index is 5.22. The van der Waals surface area contributed by atoms with Crippen LogP contribution in [0, 0.1) is 11.8 Å². The van der Waals surface area contributed by atoms with Crippen molar-refractivity contribution in [1.29, 1.82) is 0 Å². The number of phosphoric ester groups is 2. The van der Waals surface area contributed by atoms with Crippen molar-refractivity contribution in [1.82, 2.24) is 0 Å². The number of unbranched alkanes of at least 4 members (excludes halogenated alkanes) is 55. The Hall–Kier alpha value is -1.94. The van der Waals surface area contributed by atoms with Crippen molar-refractivity contribution in [2.24, 2.45) is 11.8 Å². The van der Waals surface area contributed by atoms with E-state index in [0.717, 1.165) is 102 Å². The minimum atomic E-state index is -4.97. The summed E-state index contributed by atoms with van der Waals surface area (Å²) >= 11 is 0. The second-order valence-corrected chi connectivity index (χ2v) is 35.0. The maximum Gasteiger partial charge on any atom is 0.472 e. The smallest absolute Gasteiger partial charge is 0.462 e. The summed E-state index contributed by atoms with van der Waals surface area (Å²) in [5.41, 5.74) is 0. The molecule has 0 heterocycles. The quantitative estimate of drug-likeness (QED) is 0.0222. The zero-order valence-corrected chi connectivity index (χ0v) is 72.2. The standard InChI is InChI=1S/C88H172O17P2/c1-7-11-13-15-17-19-21-23-25-27-29-31-33-35-37-39-41-43-45-54-60-66-72-87(92)104-83(76-98-85(90)70-64-58-52-44-42-40-38-36-34-32-30-28-26-24-22-20-18-16-14-12-8-2)78-102-106(94,95)100-74-82(89)75-101-107(96,97)103-79-84(105-88(93)73-67-61-55-49-47-51-57-63-69-81(6)10-4)77-99-86(91)71-65-59-53-48-46-50-56-62-68-80(5)9-3/h80-84,89H,7-79H2,1-6H3,(H,94,95)(H,96,97)/t80?,81?,82-,83-,84-/m1/s1. The number of hydrogen-bond acceptors (Lipinski definition) is 15. The molecular formula is C88H172O17P2. The van der Waals surface area contributed by atoms with E-state index in [4.69, 9.17) is 37.0 Å². The lowest BCUT2D eigenvalue weighted by molar-refractivity contribution is -0.161. The molecule has 0 radical (unpaired) electrons. The molecule has 0 fully saturated rings. The third-order valence-electron chi connectivity index (χ3n) is 21.4. The van der Waals surface area contributed by atoms with Crippen LogP contribution in [0.15, 0.2) is 0 Å². The van der Waals surface area contributed by atoms with Crippen LogP contribution in [-0.2, 0) is 65.4 Å². The molecule has 0 aromatic rings. The van der Waals surface area contributed by atoms with Crippen LogP contribution < -0.4 is 0 Å². The molecule has 7 atom stereocenters. The first-order valence-corrected chi connectivity index (χ1v) is 48.6. The van der Waals surface area contributed by atoms with Crippen LogP contribution in [0.1, 0.15) is 472 Å². The molecule has 0 rings (SSSR count). The number of carbonyl (C=O) groups excluding carboxylic acids is 4. The monoisotopic (exact) mass is 1560 g/mol. The first kappa shape index (κ1) is 105. The molecule has 17 nitrogen and oxygen atoms in total. The molecule has 0 aliphatic carbocycles. The van der Waals surface area contributed by atoms with E-state index in [-0.39, 0.29) is 25.7 Å². The molecule has 0 spiro atoms. The van der Waals surface area contributed by atoms with Crippen LogP contribution in [0.2, 0.25) is 0 Å². The van der Waals surface area contributed by atoms with Gasteiger partial charge in [-0.3, -0.25) is 37.3 Å². The van der Waals surface area contributed by atoms with Gasteiger partial charge in [-0.05, 0) is 37.5 Å². The zero-order chi connectivity index (χ0) is 78.5. The third kappa shape index (κ3) is 79.1. The fourth-order valence-corrected chi connectivity index (χ4v) is 15.3. The average molecular weight is 1560 g/mol. The Kier molecular flexibility index (Phi) is 77.9. The topological polar surface area (TPSA) is 237 Å². The Bertz CT molecular complexity index is 2050. The number of carbonyl (C=O) groups is 4. The van der Waals surface area contributed by atoms with Crippen molar-refractivity contribution in [2.45, 2.75) is 490 Å². The van der Waals surface area contributed by atoms with Crippen LogP contribution in [0.4, 0.5) is 0 Å². The van der Waals surface area contributed by atoms with Crippen molar-refractivity contribution in [3.63, 3.8) is 0 Å². The van der Waals surface area contributed by atoms with Gasteiger partial charge in [0.15, 0.2) is 12.2 Å². The minimum absolute atomic E-state index is 0.105. The van der Waals surface area contributed by atoms with Gasteiger partial charge in [0.05, 0.1) is 26.4 Å². The van der Waals surface area contributed by atoms with Gasteiger partial charge in [0, 0.05) is 25.7 Å². The molecule has 0 aromatic carbocycles. The maximum atomic E-state index is 13.2. The summed E-state index contributed by atoms with van der Waals surface area (Å²) in [5.74, 6) is -0.558. The maximum absolute atomic E-state index is 13.2. The second-order valence-electron chi connectivity index (χ2n) is 32.1. The highest BCUT2D eigenvalue weighted by Crippen LogP contribution is 2.45. The average Bonchev–Trinajstić information content (AvgIpc) is 0.905. The molecule has 3 N–H and O–H groups in total. The van der Waals surface area contributed by atoms with E-state index in [9.17, 15) is 43.2 Å². The molecule has 0 aromatic heterocycles. The van der Waals surface area contributed by atoms with Crippen molar-refractivity contribution in [3.05, 3.63) is 0 Å². The molecule has 4 unspecified atom stereocenters. The molecule has 0 saturated heterocycles.